The number of pyridine rings is 1. The van der Waals surface area contributed by atoms with Gasteiger partial charge in [0, 0.05) is 43.4 Å². The molecule has 0 radical (unpaired) electrons. The molecule has 0 saturated carbocycles. The van der Waals surface area contributed by atoms with Crippen LogP contribution in [-0.2, 0) is 17.8 Å². The molecule has 1 unspecified atom stereocenters. The molecule has 1 N–H and O–H groups in total. The van der Waals surface area contributed by atoms with Crippen molar-refractivity contribution in [1.29, 1.82) is 0 Å². The lowest BCUT2D eigenvalue weighted by molar-refractivity contribution is -0.0592. The molecule has 2 aromatic carbocycles. The molecule has 2 saturated heterocycles. The number of hydrogen-bond donors (Lipinski definition) is 1. The van der Waals surface area contributed by atoms with Gasteiger partial charge in [0.1, 0.15) is 23.8 Å². The number of fused-ring (bicyclic) bond motifs is 2. The van der Waals surface area contributed by atoms with E-state index < -0.39 is 17.9 Å². The standard InChI is InChI=1S/C30H29ClFN5O5/c31-18-4-5-20(21(32)14-18)26-17-41-28-24(2-1-3-25(28)42-26)36-11-9-35(10-12-36)16-27-33-22-6-7-23(30(38)39)34-29(22)37(27)15-19-8-13-40-19/h1-7,14,19,26H,8-13,15-17H2,(H,38,39)/t19-,26?/m0/s1. The SMILES string of the molecule is O=C(O)c1ccc2nc(CN3CCN(c4cccc5c4OCC(c4ccc(Cl)cc4F)O5)CC3)n(C[C@@H]3CCO3)c2n1. The Kier molecular flexibility index (Phi) is 7.09. The molecule has 0 bridgehead atoms. The normalized spacial score (nSPS) is 20.5. The summed E-state index contributed by atoms with van der Waals surface area (Å²) in [5, 5.41) is 9.79. The molecule has 0 amide bonds. The summed E-state index contributed by atoms with van der Waals surface area (Å²) in [6.45, 7) is 5.25. The number of halogens is 2. The van der Waals surface area contributed by atoms with Gasteiger partial charge in [-0.05, 0) is 42.8 Å². The van der Waals surface area contributed by atoms with Crippen LogP contribution in [0.25, 0.3) is 11.2 Å². The average molecular weight is 594 g/mol. The quantitative estimate of drug-likeness (QED) is 0.331. The van der Waals surface area contributed by atoms with Crippen LogP contribution in [0.5, 0.6) is 11.5 Å². The van der Waals surface area contributed by atoms with Gasteiger partial charge in [0.25, 0.3) is 0 Å². The largest absolute Gasteiger partial charge is 0.483 e. The molecule has 5 heterocycles. The number of benzene rings is 2. The smallest absolute Gasteiger partial charge is 0.354 e. The van der Waals surface area contributed by atoms with Gasteiger partial charge in [-0.2, -0.15) is 0 Å². The molecule has 2 aromatic heterocycles. The Morgan fingerprint density at radius 3 is 2.67 bits per heavy atom. The third-order valence-corrected chi connectivity index (χ3v) is 8.30. The van der Waals surface area contributed by atoms with Crippen LogP contribution < -0.4 is 14.4 Å². The van der Waals surface area contributed by atoms with Gasteiger partial charge < -0.3 is 28.8 Å². The molecular weight excluding hydrogens is 565 g/mol. The van der Waals surface area contributed by atoms with Crippen LogP contribution in [0.4, 0.5) is 10.1 Å². The highest BCUT2D eigenvalue weighted by molar-refractivity contribution is 6.30. The first-order chi connectivity index (χ1) is 20.4. The van der Waals surface area contributed by atoms with Crippen LogP contribution in [0.1, 0.15) is 34.4 Å². The van der Waals surface area contributed by atoms with E-state index in [4.69, 9.17) is 30.8 Å². The molecule has 42 heavy (non-hydrogen) atoms. The van der Waals surface area contributed by atoms with Crippen molar-refractivity contribution in [2.45, 2.75) is 31.7 Å². The van der Waals surface area contributed by atoms with Crippen molar-refractivity contribution in [3.63, 3.8) is 0 Å². The van der Waals surface area contributed by atoms with E-state index in [0.29, 0.717) is 46.3 Å². The fourth-order valence-electron chi connectivity index (χ4n) is 5.71. The molecule has 3 aliphatic rings. The first-order valence-electron chi connectivity index (χ1n) is 14.0. The van der Waals surface area contributed by atoms with Gasteiger partial charge in [0.15, 0.2) is 28.9 Å². The maximum absolute atomic E-state index is 14.5. The third-order valence-electron chi connectivity index (χ3n) is 8.06. The van der Waals surface area contributed by atoms with Crippen molar-refractivity contribution in [3.05, 3.63) is 76.5 Å². The van der Waals surface area contributed by atoms with Crippen molar-refractivity contribution in [3.8, 4) is 11.5 Å². The molecule has 218 valence electrons. The molecule has 0 aliphatic carbocycles. The minimum Gasteiger partial charge on any atom is -0.483 e. The molecule has 4 aromatic rings. The first-order valence-corrected chi connectivity index (χ1v) is 14.4. The third kappa shape index (κ3) is 5.12. The lowest BCUT2D eigenvalue weighted by Gasteiger charge is -2.38. The summed E-state index contributed by atoms with van der Waals surface area (Å²) in [5.74, 6) is 0.615. The van der Waals surface area contributed by atoms with E-state index in [1.807, 2.05) is 22.8 Å². The van der Waals surface area contributed by atoms with E-state index in [9.17, 15) is 14.3 Å². The van der Waals surface area contributed by atoms with E-state index in [2.05, 4.69) is 14.8 Å². The van der Waals surface area contributed by atoms with Crippen LogP contribution in [0.2, 0.25) is 5.02 Å². The zero-order valence-corrected chi connectivity index (χ0v) is 23.5. The zero-order chi connectivity index (χ0) is 28.8. The number of piperazine rings is 1. The van der Waals surface area contributed by atoms with Crippen LogP contribution in [-0.4, -0.2) is 76.0 Å². The Balaban J connectivity index is 1.05. The lowest BCUT2D eigenvalue weighted by Crippen LogP contribution is -2.46. The lowest BCUT2D eigenvalue weighted by atomic mass is 10.1. The van der Waals surface area contributed by atoms with E-state index in [1.54, 1.807) is 18.2 Å². The molecule has 2 atom stereocenters. The number of aromatic carboxylic acids is 1. The van der Waals surface area contributed by atoms with E-state index in [1.165, 1.54) is 12.1 Å². The molecule has 12 heteroatoms. The highest BCUT2D eigenvalue weighted by atomic mass is 35.5. The van der Waals surface area contributed by atoms with Gasteiger partial charge >= 0.3 is 5.97 Å². The summed E-state index contributed by atoms with van der Waals surface area (Å²) < 4.78 is 34.5. The fraction of sp³-hybridized carbons (Fsp3) is 0.367. The highest BCUT2D eigenvalue weighted by Gasteiger charge is 2.30. The highest BCUT2D eigenvalue weighted by Crippen LogP contribution is 2.44. The number of carbonyl (C=O) groups is 1. The number of carboxylic acid groups (broad SMARTS) is 1. The summed E-state index contributed by atoms with van der Waals surface area (Å²) in [6.07, 6.45) is 0.474. The van der Waals surface area contributed by atoms with Gasteiger partial charge in [-0.3, -0.25) is 4.90 Å². The predicted molar refractivity (Wildman–Crippen MR) is 153 cm³/mol. The second-order valence-corrected chi connectivity index (χ2v) is 11.2. The minimum absolute atomic E-state index is 0.000328. The molecule has 7 rings (SSSR count). The summed E-state index contributed by atoms with van der Waals surface area (Å²) in [5.41, 5.74) is 2.61. The van der Waals surface area contributed by atoms with Crippen molar-refractivity contribution in [1.82, 2.24) is 19.4 Å². The summed E-state index contributed by atoms with van der Waals surface area (Å²) in [7, 11) is 0. The summed E-state index contributed by atoms with van der Waals surface area (Å²) in [4.78, 5) is 25.4. The Bertz CT molecular complexity index is 1650. The number of ether oxygens (including phenoxy) is 3. The van der Waals surface area contributed by atoms with Crippen molar-refractivity contribution in [2.75, 3.05) is 44.3 Å². The number of nitrogens with zero attached hydrogens (tertiary/aromatic N) is 5. The zero-order valence-electron chi connectivity index (χ0n) is 22.7. The minimum atomic E-state index is -1.06. The summed E-state index contributed by atoms with van der Waals surface area (Å²) >= 11 is 5.92. The van der Waals surface area contributed by atoms with Crippen LogP contribution >= 0.6 is 11.6 Å². The maximum atomic E-state index is 14.5. The topological polar surface area (TPSA) is 102 Å². The second-order valence-electron chi connectivity index (χ2n) is 10.7. The predicted octanol–water partition coefficient (Wildman–Crippen LogP) is 4.55. The average Bonchev–Trinajstić information content (AvgIpc) is 3.30. The van der Waals surface area contributed by atoms with Crippen LogP contribution in [0.3, 0.4) is 0 Å². The summed E-state index contributed by atoms with van der Waals surface area (Å²) in [6, 6.07) is 13.6. The molecule has 2 fully saturated rings. The van der Waals surface area contributed by atoms with Gasteiger partial charge in [-0.15, -0.1) is 0 Å². The number of aromatic nitrogens is 3. The van der Waals surface area contributed by atoms with E-state index >= 15 is 0 Å². The first kappa shape index (κ1) is 26.9. The monoisotopic (exact) mass is 593 g/mol. The Morgan fingerprint density at radius 2 is 1.93 bits per heavy atom. The van der Waals surface area contributed by atoms with E-state index in [0.717, 1.165) is 50.7 Å². The molecular formula is C30H29ClFN5O5. The fourth-order valence-corrected chi connectivity index (χ4v) is 5.87. The molecule has 0 spiro atoms. The van der Waals surface area contributed by atoms with E-state index in [-0.39, 0.29) is 18.4 Å². The van der Waals surface area contributed by atoms with Crippen LogP contribution in [0, 0.1) is 5.82 Å². The second kappa shape index (κ2) is 11.0. The maximum Gasteiger partial charge on any atom is 0.354 e. The number of imidazole rings is 1. The van der Waals surface area contributed by atoms with Crippen LogP contribution in [0.15, 0.2) is 48.5 Å². The van der Waals surface area contributed by atoms with Crippen molar-refractivity contribution < 1.29 is 28.5 Å². The van der Waals surface area contributed by atoms with Gasteiger partial charge in [-0.1, -0.05) is 23.7 Å². The number of para-hydroxylation sites is 1. The van der Waals surface area contributed by atoms with Crippen molar-refractivity contribution in [2.24, 2.45) is 0 Å². The van der Waals surface area contributed by atoms with Gasteiger partial charge in [-0.25, -0.2) is 19.2 Å². The van der Waals surface area contributed by atoms with Gasteiger partial charge in [0.2, 0.25) is 0 Å². The number of hydrogen-bond acceptors (Lipinski definition) is 8. The number of rotatable bonds is 7. The molecule has 3 aliphatic heterocycles. The molecule has 10 nitrogen and oxygen atoms in total. The number of anilines is 1. The Labute approximate surface area is 246 Å². The Morgan fingerprint density at radius 1 is 1.10 bits per heavy atom. The van der Waals surface area contributed by atoms with Crippen molar-refractivity contribution >= 4 is 34.4 Å². The Hall–Kier alpha value is -3.93. The number of carboxylic acids is 1. The van der Waals surface area contributed by atoms with Gasteiger partial charge in [0.05, 0.1) is 24.9 Å².